The van der Waals surface area contributed by atoms with Crippen LogP contribution < -0.4 is 0 Å². The van der Waals surface area contributed by atoms with Crippen LogP contribution in [0, 0.1) is 0 Å². The Hall–Kier alpha value is -2.67. The zero-order chi connectivity index (χ0) is 33.7. The fraction of sp³-hybridized carbons (Fsp3) is 0.611. The molecule has 0 heterocycles. The van der Waals surface area contributed by atoms with Crippen LogP contribution in [0.2, 0.25) is 0 Å². The summed E-state index contributed by atoms with van der Waals surface area (Å²) in [5, 5.41) is 43.5. The van der Waals surface area contributed by atoms with E-state index >= 15 is 0 Å². The molecule has 6 nitrogen and oxygen atoms in total. The van der Waals surface area contributed by atoms with Gasteiger partial charge in [-0.1, -0.05) is 107 Å². The minimum absolute atomic E-state index is 0.124. The number of carboxylic acid groups (broad SMARTS) is 2. The molecule has 2 aromatic carbocycles. The molecule has 0 amide bonds. The number of aromatic hydroxyl groups is 2. The average Bonchev–Trinajstić information content (AvgIpc) is 2.80. The molecule has 2 unspecified atom stereocenters. The third kappa shape index (κ3) is 7.53. The maximum absolute atomic E-state index is 12.9. The van der Waals surface area contributed by atoms with Crippen molar-refractivity contribution in [3.63, 3.8) is 0 Å². The predicted octanol–water partition coefficient (Wildman–Crippen LogP) is 8.41. The van der Waals surface area contributed by atoms with Crippen LogP contribution in [0.3, 0.4) is 0 Å². The van der Waals surface area contributed by atoms with Gasteiger partial charge >= 0.3 is 11.9 Å². The van der Waals surface area contributed by atoms with Crippen molar-refractivity contribution in [3.8, 4) is 11.5 Å². The van der Waals surface area contributed by atoms with Gasteiger partial charge in [0.25, 0.3) is 0 Å². The Morgan fingerprint density at radius 1 is 0.512 bits per heavy atom. The van der Waals surface area contributed by atoms with E-state index in [2.05, 4.69) is 0 Å². The fourth-order valence-electron chi connectivity index (χ4n) is 5.19. The molecule has 0 aliphatic rings. The third-order valence-electron chi connectivity index (χ3n) is 8.45. The molecule has 0 aliphatic heterocycles. The molecular weight excluding hydrogens is 560 g/mol. The summed E-state index contributed by atoms with van der Waals surface area (Å²) in [6.45, 7) is 27.2. The number of thioether (sulfide) groups is 1. The van der Waals surface area contributed by atoms with E-state index < -0.39 is 44.4 Å². The zero-order valence-corrected chi connectivity index (χ0v) is 29.6. The van der Waals surface area contributed by atoms with Crippen molar-refractivity contribution in [2.75, 3.05) is 11.5 Å². The van der Waals surface area contributed by atoms with Gasteiger partial charge in [0, 0.05) is 11.5 Å². The van der Waals surface area contributed by atoms with Crippen molar-refractivity contribution in [2.24, 2.45) is 0 Å². The molecule has 0 saturated heterocycles. The number of carbonyl (C=O) groups is 2. The van der Waals surface area contributed by atoms with Crippen molar-refractivity contribution in [2.45, 2.75) is 129 Å². The molecule has 240 valence electrons. The Balaban J connectivity index is 2.67. The number of benzene rings is 2. The summed E-state index contributed by atoms with van der Waals surface area (Å²) in [7, 11) is 0. The highest BCUT2D eigenvalue weighted by Gasteiger charge is 2.42. The largest absolute Gasteiger partial charge is 0.507 e. The Bertz CT molecular complexity index is 1200. The lowest BCUT2D eigenvalue weighted by molar-refractivity contribution is -0.143. The molecule has 0 fully saturated rings. The van der Waals surface area contributed by atoms with Crippen LogP contribution >= 0.6 is 11.8 Å². The van der Waals surface area contributed by atoms with Crippen molar-refractivity contribution in [1.82, 2.24) is 0 Å². The first-order valence-corrected chi connectivity index (χ1v) is 16.1. The van der Waals surface area contributed by atoms with Crippen LogP contribution in [0.15, 0.2) is 24.3 Å². The normalized spacial score (nSPS) is 16.0. The SMILES string of the molecule is CC(C)(C)c1cc(C(C)(CSCC(C)(C(=O)O)c2cc(C(C)(C)C)c(O)c(C(C)(C)C)c2)C(=O)O)cc(C(C)(C)C)c1O. The lowest BCUT2D eigenvalue weighted by Gasteiger charge is -2.34. The lowest BCUT2D eigenvalue weighted by Crippen LogP contribution is -2.39. The second-order valence-corrected chi connectivity index (χ2v) is 17.6. The first kappa shape index (κ1) is 36.5. The highest BCUT2D eigenvalue weighted by atomic mass is 32.2. The molecule has 0 aromatic heterocycles. The number of aliphatic carboxylic acids is 2. The van der Waals surface area contributed by atoms with E-state index in [1.54, 1.807) is 38.1 Å². The van der Waals surface area contributed by atoms with E-state index in [0.29, 0.717) is 33.4 Å². The minimum Gasteiger partial charge on any atom is -0.507 e. The predicted molar refractivity (Wildman–Crippen MR) is 178 cm³/mol. The lowest BCUT2D eigenvalue weighted by atomic mass is 9.74. The number of carboxylic acids is 2. The molecule has 7 heteroatoms. The molecule has 0 radical (unpaired) electrons. The first-order valence-electron chi connectivity index (χ1n) is 14.9. The van der Waals surface area contributed by atoms with E-state index in [1.807, 2.05) is 83.1 Å². The van der Waals surface area contributed by atoms with E-state index in [-0.39, 0.29) is 23.0 Å². The highest BCUT2D eigenvalue weighted by molar-refractivity contribution is 7.99. The van der Waals surface area contributed by atoms with Crippen molar-refractivity contribution >= 4 is 23.7 Å². The monoisotopic (exact) mass is 614 g/mol. The molecule has 2 aromatic rings. The Morgan fingerprint density at radius 2 is 0.721 bits per heavy atom. The summed E-state index contributed by atoms with van der Waals surface area (Å²) in [6, 6.07) is 7.17. The van der Waals surface area contributed by atoms with E-state index in [9.17, 15) is 30.0 Å². The second-order valence-electron chi connectivity index (χ2n) is 16.6. The van der Waals surface area contributed by atoms with Crippen LogP contribution in [-0.4, -0.2) is 43.9 Å². The van der Waals surface area contributed by atoms with Crippen LogP contribution in [0.25, 0.3) is 0 Å². The summed E-state index contributed by atoms with van der Waals surface area (Å²) in [6.07, 6.45) is 0. The van der Waals surface area contributed by atoms with Crippen molar-refractivity contribution in [1.29, 1.82) is 0 Å². The van der Waals surface area contributed by atoms with Crippen molar-refractivity contribution in [3.05, 3.63) is 57.6 Å². The summed E-state index contributed by atoms with van der Waals surface area (Å²) >= 11 is 1.29. The maximum Gasteiger partial charge on any atom is 0.314 e. The van der Waals surface area contributed by atoms with Gasteiger partial charge in [-0.3, -0.25) is 9.59 Å². The van der Waals surface area contributed by atoms with Gasteiger partial charge in [-0.2, -0.15) is 11.8 Å². The van der Waals surface area contributed by atoms with Gasteiger partial charge in [-0.05, 0) is 68.9 Å². The van der Waals surface area contributed by atoms with Gasteiger partial charge in [-0.15, -0.1) is 0 Å². The number of hydrogen-bond donors (Lipinski definition) is 4. The summed E-state index contributed by atoms with van der Waals surface area (Å²) in [4.78, 5) is 25.8. The van der Waals surface area contributed by atoms with E-state index in [0.717, 1.165) is 0 Å². The molecule has 2 atom stereocenters. The topological polar surface area (TPSA) is 115 Å². The number of hydrogen-bond acceptors (Lipinski definition) is 5. The molecular formula is C36H54O6S. The van der Waals surface area contributed by atoms with Crippen molar-refractivity contribution < 1.29 is 30.0 Å². The standard InChI is InChI=1S/C36H54O6S/c1-31(2,3)23-15-21(16-24(27(23)37)32(4,5)6)35(13,29(39)40)19-43-20-36(14,30(41)42)22-17-25(33(7,8)9)28(38)26(18-22)34(10,11)12/h15-18,37-38H,19-20H2,1-14H3,(H,39,40)(H,41,42). The number of phenolic OH excluding ortho intramolecular Hbond substituents is 2. The summed E-state index contributed by atoms with van der Waals surface area (Å²) < 4.78 is 0. The van der Waals surface area contributed by atoms with Gasteiger partial charge in [0.05, 0.1) is 10.8 Å². The van der Waals surface area contributed by atoms with Gasteiger partial charge in [0.2, 0.25) is 0 Å². The third-order valence-corrected chi connectivity index (χ3v) is 10.0. The summed E-state index contributed by atoms with van der Waals surface area (Å²) in [5.41, 5.74) is -0.545. The van der Waals surface area contributed by atoms with Crippen LogP contribution in [0.5, 0.6) is 11.5 Å². The highest BCUT2D eigenvalue weighted by Crippen LogP contribution is 2.45. The van der Waals surface area contributed by atoms with E-state index in [4.69, 9.17) is 0 Å². The molecule has 0 bridgehead atoms. The second kappa shape index (κ2) is 11.7. The van der Waals surface area contributed by atoms with Crippen LogP contribution in [-0.2, 0) is 42.1 Å². The molecule has 2 rings (SSSR count). The Labute approximate surface area is 263 Å². The smallest absolute Gasteiger partial charge is 0.314 e. The maximum atomic E-state index is 12.9. The van der Waals surface area contributed by atoms with Gasteiger partial charge in [-0.25, -0.2) is 0 Å². The molecule has 43 heavy (non-hydrogen) atoms. The van der Waals surface area contributed by atoms with Gasteiger partial charge in [0.15, 0.2) is 0 Å². The van der Waals surface area contributed by atoms with Gasteiger partial charge in [0.1, 0.15) is 11.5 Å². The van der Waals surface area contributed by atoms with Crippen LogP contribution in [0.1, 0.15) is 130 Å². The minimum atomic E-state index is -1.35. The number of phenols is 2. The Morgan fingerprint density at radius 3 is 0.884 bits per heavy atom. The van der Waals surface area contributed by atoms with Gasteiger partial charge < -0.3 is 20.4 Å². The van der Waals surface area contributed by atoms with Crippen LogP contribution in [0.4, 0.5) is 0 Å². The Kier molecular flexibility index (Phi) is 9.92. The summed E-state index contributed by atoms with van der Waals surface area (Å²) in [5.74, 6) is -1.42. The van der Waals surface area contributed by atoms with E-state index in [1.165, 1.54) is 11.8 Å². The number of rotatable bonds is 8. The quantitative estimate of drug-likeness (QED) is 0.236. The molecule has 4 N–H and O–H groups in total. The molecule has 0 spiro atoms. The zero-order valence-electron chi connectivity index (χ0n) is 28.7. The molecule has 0 aliphatic carbocycles. The fourth-order valence-corrected chi connectivity index (χ4v) is 6.69. The average molecular weight is 615 g/mol. The molecule has 0 saturated carbocycles. The first-order chi connectivity index (χ1) is 19.1.